The van der Waals surface area contributed by atoms with Gasteiger partial charge in [0.25, 0.3) is 0 Å². The van der Waals surface area contributed by atoms with Gasteiger partial charge in [-0.1, -0.05) is 0 Å². The van der Waals surface area contributed by atoms with Gasteiger partial charge in [0, 0.05) is 6.07 Å². The number of amides is 1. The standard InChI is InChI=1S/C11H14N2O4S/c1-15-7-4-5-8(9(6-7)16-2)12-10(18)13-11(14)17-3/h4-6H,1-3H3,(H2,12,13,14,18). The van der Waals surface area contributed by atoms with Crippen molar-refractivity contribution in [1.82, 2.24) is 5.32 Å². The lowest BCUT2D eigenvalue weighted by Gasteiger charge is -2.13. The number of hydrogen-bond acceptors (Lipinski definition) is 5. The number of rotatable bonds is 3. The van der Waals surface area contributed by atoms with E-state index in [9.17, 15) is 4.79 Å². The summed E-state index contributed by atoms with van der Waals surface area (Å²) in [6.45, 7) is 0. The van der Waals surface area contributed by atoms with Crippen LogP contribution in [0.15, 0.2) is 18.2 Å². The van der Waals surface area contributed by atoms with Crippen molar-refractivity contribution in [3.8, 4) is 11.5 Å². The number of hydrogen-bond donors (Lipinski definition) is 2. The first-order chi connectivity index (χ1) is 8.60. The molecular weight excluding hydrogens is 256 g/mol. The lowest BCUT2D eigenvalue weighted by Crippen LogP contribution is -2.33. The Hall–Kier alpha value is -2.02. The van der Waals surface area contributed by atoms with E-state index in [1.807, 2.05) is 0 Å². The highest BCUT2D eigenvalue weighted by Gasteiger charge is 2.08. The Labute approximate surface area is 110 Å². The fourth-order valence-electron chi connectivity index (χ4n) is 1.20. The largest absolute Gasteiger partial charge is 0.497 e. The number of carbonyl (C=O) groups is 1. The Kier molecular flexibility index (Phi) is 5.19. The number of anilines is 1. The van der Waals surface area contributed by atoms with Gasteiger partial charge in [-0.25, -0.2) is 4.79 Å². The van der Waals surface area contributed by atoms with Crippen LogP contribution in [0.25, 0.3) is 0 Å². The lowest BCUT2D eigenvalue weighted by molar-refractivity contribution is 0.177. The van der Waals surface area contributed by atoms with Crippen LogP contribution in [-0.4, -0.2) is 32.5 Å². The van der Waals surface area contributed by atoms with E-state index in [1.165, 1.54) is 14.2 Å². The smallest absolute Gasteiger partial charge is 0.413 e. The summed E-state index contributed by atoms with van der Waals surface area (Å²) in [4.78, 5) is 11.0. The first-order valence-electron chi connectivity index (χ1n) is 4.98. The fourth-order valence-corrected chi connectivity index (χ4v) is 1.39. The van der Waals surface area contributed by atoms with Crippen LogP contribution in [0, 0.1) is 0 Å². The predicted molar refractivity (Wildman–Crippen MR) is 71.3 cm³/mol. The quantitative estimate of drug-likeness (QED) is 0.816. The molecule has 1 aromatic carbocycles. The maximum absolute atomic E-state index is 11.0. The molecule has 0 aliphatic rings. The summed E-state index contributed by atoms with van der Waals surface area (Å²) in [6.07, 6.45) is -0.639. The maximum Gasteiger partial charge on any atom is 0.413 e. The summed E-state index contributed by atoms with van der Waals surface area (Å²) >= 11 is 4.94. The number of carbonyl (C=O) groups excluding carboxylic acids is 1. The van der Waals surface area contributed by atoms with Crippen LogP contribution in [0.1, 0.15) is 0 Å². The second-order valence-electron chi connectivity index (χ2n) is 3.14. The minimum Gasteiger partial charge on any atom is -0.497 e. The van der Waals surface area contributed by atoms with Crippen LogP contribution in [0.2, 0.25) is 0 Å². The highest BCUT2D eigenvalue weighted by molar-refractivity contribution is 7.80. The lowest BCUT2D eigenvalue weighted by atomic mass is 10.2. The molecule has 7 heteroatoms. The van der Waals surface area contributed by atoms with E-state index in [-0.39, 0.29) is 5.11 Å². The third-order valence-electron chi connectivity index (χ3n) is 2.06. The highest BCUT2D eigenvalue weighted by atomic mass is 32.1. The molecule has 0 aliphatic carbocycles. The molecule has 1 rings (SSSR count). The number of thiocarbonyl (C=S) groups is 1. The molecule has 0 radical (unpaired) electrons. The van der Waals surface area contributed by atoms with Gasteiger partial charge in [0.1, 0.15) is 11.5 Å². The summed E-state index contributed by atoms with van der Waals surface area (Å²) in [5.41, 5.74) is 0.611. The van der Waals surface area contributed by atoms with E-state index in [0.29, 0.717) is 17.2 Å². The number of alkyl carbamates (subject to hydrolysis) is 1. The molecule has 0 fully saturated rings. The van der Waals surface area contributed by atoms with Gasteiger partial charge >= 0.3 is 6.09 Å². The van der Waals surface area contributed by atoms with E-state index in [1.54, 1.807) is 25.3 Å². The zero-order valence-electron chi connectivity index (χ0n) is 10.3. The summed E-state index contributed by atoms with van der Waals surface area (Å²) in [5, 5.41) is 5.26. The summed E-state index contributed by atoms with van der Waals surface area (Å²) < 4.78 is 14.7. The molecule has 0 aromatic heterocycles. The van der Waals surface area contributed by atoms with Crippen LogP contribution in [0.5, 0.6) is 11.5 Å². The van der Waals surface area contributed by atoms with Crippen molar-refractivity contribution in [2.45, 2.75) is 0 Å². The Morgan fingerprint density at radius 1 is 1.22 bits per heavy atom. The normalized spacial score (nSPS) is 9.28. The van der Waals surface area contributed by atoms with E-state index in [0.717, 1.165) is 0 Å². The van der Waals surface area contributed by atoms with Crippen molar-refractivity contribution in [3.05, 3.63) is 18.2 Å². The van der Waals surface area contributed by atoms with E-state index in [2.05, 4.69) is 15.4 Å². The molecular formula is C11H14N2O4S. The summed E-state index contributed by atoms with van der Waals surface area (Å²) in [7, 11) is 4.34. The number of ether oxygens (including phenoxy) is 3. The van der Waals surface area contributed by atoms with Crippen LogP contribution in [0.3, 0.4) is 0 Å². The molecule has 0 aliphatic heterocycles. The monoisotopic (exact) mass is 270 g/mol. The molecule has 98 valence electrons. The Bertz CT molecular complexity index is 451. The molecule has 0 unspecified atom stereocenters. The SMILES string of the molecule is COC(=O)NC(=S)Nc1ccc(OC)cc1OC. The minimum atomic E-state index is -0.639. The summed E-state index contributed by atoms with van der Waals surface area (Å²) in [5.74, 6) is 1.20. The van der Waals surface area contributed by atoms with Crippen molar-refractivity contribution in [3.63, 3.8) is 0 Å². The second kappa shape index (κ2) is 6.65. The number of nitrogens with one attached hydrogen (secondary N) is 2. The molecule has 0 heterocycles. The second-order valence-corrected chi connectivity index (χ2v) is 3.55. The topological polar surface area (TPSA) is 68.8 Å². The van der Waals surface area contributed by atoms with E-state index in [4.69, 9.17) is 21.7 Å². The molecule has 1 amide bonds. The van der Waals surface area contributed by atoms with Crippen molar-refractivity contribution in [1.29, 1.82) is 0 Å². The molecule has 0 atom stereocenters. The van der Waals surface area contributed by atoms with E-state index >= 15 is 0 Å². The van der Waals surface area contributed by atoms with Gasteiger partial charge in [-0.05, 0) is 24.4 Å². The average molecular weight is 270 g/mol. The maximum atomic E-state index is 11.0. The third-order valence-corrected chi connectivity index (χ3v) is 2.26. The summed E-state index contributed by atoms with van der Waals surface area (Å²) in [6, 6.07) is 5.16. The third kappa shape index (κ3) is 3.77. The molecule has 1 aromatic rings. The predicted octanol–water partition coefficient (Wildman–Crippen LogP) is 1.76. The van der Waals surface area contributed by atoms with Crippen LogP contribution >= 0.6 is 12.2 Å². The van der Waals surface area contributed by atoms with Gasteiger partial charge in [0.2, 0.25) is 0 Å². The Morgan fingerprint density at radius 2 is 1.94 bits per heavy atom. The Morgan fingerprint density at radius 3 is 2.50 bits per heavy atom. The highest BCUT2D eigenvalue weighted by Crippen LogP contribution is 2.28. The molecule has 18 heavy (non-hydrogen) atoms. The number of methoxy groups -OCH3 is 3. The van der Waals surface area contributed by atoms with E-state index < -0.39 is 6.09 Å². The van der Waals surface area contributed by atoms with Crippen molar-refractivity contribution >= 4 is 29.1 Å². The molecule has 6 nitrogen and oxygen atoms in total. The van der Waals surface area contributed by atoms with Gasteiger partial charge in [-0.15, -0.1) is 0 Å². The van der Waals surface area contributed by atoms with Crippen LogP contribution < -0.4 is 20.1 Å². The van der Waals surface area contributed by atoms with Gasteiger partial charge in [0.05, 0.1) is 27.0 Å². The van der Waals surface area contributed by atoms with Crippen molar-refractivity contribution in [2.75, 3.05) is 26.6 Å². The zero-order valence-corrected chi connectivity index (χ0v) is 11.1. The van der Waals surface area contributed by atoms with Gasteiger partial charge in [-0.3, -0.25) is 5.32 Å². The number of benzene rings is 1. The molecule has 0 saturated heterocycles. The van der Waals surface area contributed by atoms with Crippen LogP contribution in [-0.2, 0) is 4.74 Å². The van der Waals surface area contributed by atoms with Gasteiger partial charge in [0.15, 0.2) is 5.11 Å². The average Bonchev–Trinajstić information content (AvgIpc) is 2.38. The minimum absolute atomic E-state index is 0.116. The van der Waals surface area contributed by atoms with Gasteiger partial charge in [-0.2, -0.15) is 0 Å². The van der Waals surface area contributed by atoms with Gasteiger partial charge < -0.3 is 19.5 Å². The zero-order chi connectivity index (χ0) is 13.5. The molecule has 2 N–H and O–H groups in total. The molecule has 0 spiro atoms. The molecule has 0 bridgehead atoms. The van der Waals surface area contributed by atoms with Crippen molar-refractivity contribution < 1.29 is 19.0 Å². The fraction of sp³-hybridized carbons (Fsp3) is 0.273. The first-order valence-corrected chi connectivity index (χ1v) is 5.39. The Balaban J connectivity index is 2.77. The molecule has 0 saturated carbocycles. The first kappa shape index (κ1) is 14.0. The van der Waals surface area contributed by atoms with Crippen LogP contribution in [0.4, 0.5) is 10.5 Å². The van der Waals surface area contributed by atoms with Crippen molar-refractivity contribution in [2.24, 2.45) is 0 Å².